The number of carbonyl (C=O) groups excluding carboxylic acids is 1. The monoisotopic (exact) mass is 205 g/mol. The number of nitrogens with two attached hydrogens (primary N) is 1. The predicted molar refractivity (Wildman–Crippen MR) is 58.3 cm³/mol. The molecule has 4 heteroatoms. The van der Waals surface area contributed by atoms with E-state index in [0.29, 0.717) is 17.4 Å². The number of hydrogen-bond donors (Lipinski definition) is 2. The number of rotatable bonds is 2. The highest BCUT2D eigenvalue weighted by atomic mass is 16.1. The second-order valence-electron chi connectivity index (χ2n) is 4.22. The van der Waals surface area contributed by atoms with Gasteiger partial charge in [-0.1, -0.05) is 6.92 Å². The lowest BCUT2D eigenvalue weighted by molar-refractivity contribution is 0.0891. The number of anilines is 1. The molecule has 1 aromatic heterocycles. The lowest BCUT2D eigenvalue weighted by Crippen LogP contribution is -2.43. The zero-order chi connectivity index (χ0) is 10.8. The SMILES string of the molecule is CC1CC(NC(=O)c2ccc(N)cn2)C1. The molecule has 0 unspecified atom stereocenters. The maximum atomic E-state index is 11.7. The second kappa shape index (κ2) is 3.88. The number of nitrogens with zero attached hydrogens (tertiary/aromatic N) is 1. The number of pyridine rings is 1. The summed E-state index contributed by atoms with van der Waals surface area (Å²) in [5, 5.41) is 2.94. The molecule has 0 saturated heterocycles. The van der Waals surface area contributed by atoms with Crippen LogP contribution in [0, 0.1) is 5.92 Å². The Hall–Kier alpha value is -1.58. The smallest absolute Gasteiger partial charge is 0.270 e. The van der Waals surface area contributed by atoms with Crippen LogP contribution in [0.4, 0.5) is 5.69 Å². The maximum Gasteiger partial charge on any atom is 0.270 e. The Morgan fingerprint density at radius 2 is 2.27 bits per heavy atom. The van der Waals surface area contributed by atoms with E-state index < -0.39 is 0 Å². The Bertz CT molecular complexity index is 355. The molecule has 1 heterocycles. The minimum absolute atomic E-state index is 0.105. The van der Waals surface area contributed by atoms with Crippen molar-refractivity contribution in [3.05, 3.63) is 24.0 Å². The molecular formula is C11H15N3O. The maximum absolute atomic E-state index is 11.7. The molecule has 4 nitrogen and oxygen atoms in total. The molecule has 0 radical (unpaired) electrons. The average Bonchev–Trinajstić information content (AvgIpc) is 2.16. The predicted octanol–water partition coefficient (Wildman–Crippen LogP) is 1.19. The summed E-state index contributed by atoms with van der Waals surface area (Å²) in [6, 6.07) is 3.66. The van der Waals surface area contributed by atoms with E-state index in [9.17, 15) is 4.79 Å². The highest BCUT2D eigenvalue weighted by Crippen LogP contribution is 2.26. The van der Waals surface area contributed by atoms with Crippen LogP contribution in [0.2, 0.25) is 0 Å². The minimum atomic E-state index is -0.105. The van der Waals surface area contributed by atoms with Gasteiger partial charge in [-0.15, -0.1) is 0 Å². The summed E-state index contributed by atoms with van der Waals surface area (Å²) in [5.74, 6) is 0.626. The van der Waals surface area contributed by atoms with E-state index in [1.165, 1.54) is 6.20 Å². The Balaban J connectivity index is 1.93. The zero-order valence-electron chi connectivity index (χ0n) is 8.73. The van der Waals surface area contributed by atoms with Gasteiger partial charge >= 0.3 is 0 Å². The van der Waals surface area contributed by atoms with Gasteiger partial charge in [0.25, 0.3) is 5.91 Å². The summed E-state index contributed by atoms with van der Waals surface area (Å²) in [4.78, 5) is 15.6. The third-order valence-electron chi connectivity index (χ3n) is 2.73. The third kappa shape index (κ3) is 2.26. The van der Waals surface area contributed by atoms with Gasteiger partial charge in [-0.2, -0.15) is 0 Å². The number of aromatic nitrogens is 1. The van der Waals surface area contributed by atoms with E-state index in [0.717, 1.165) is 18.8 Å². The Morgan fingerprint density at radius 1 is 1.53 bits per heavy atom. The zero-order valence-corrected chi connectivity index (χ0v) is 8.73. The van der Waals surface area contributed by atoms with Crippen molar-refractivity contribution < 1.29 is 4.79 Å². The van der Waals surface area contributed by atoms with Crippen molar-refractivity contribution >= 4 is 11.6 Å². The van der Waals surface area contributed by atoms with Gasteiger partial charge in [0.05, 0.1) is 11.9 Å². The highest BCUT2D eigenvalue weighted by Gasteiger charge is 2.26. The highest BCUT2D eigenvalue weighted by molar-refractivity contribution is 5.92. The molecular weight excluding hydrogens is 190 g/mol. The normalized spacial score (nSPS) is 24.3. The van der Waals surface area contributed by atoms with Gasteiger partial charge in [0, 0.05) is 6.04 Å². The summed E-state index contributed by atoms with van der Waals surface area (Å²) in [7, 11) is 0. The first kappa shape index (κ1) is 9.96. The number of amides is 1. The van der Waals surface area contributed by atoms with Crippen LogP contribution in [0.3, 0.4) is 0 Å². The molecule has 1 aliphatic carbocycles. The van der Waals surface area contributed by atoms with E-state index in [2.05, 4.69) is 17.2 Å². The van der Waals surface area contributed by atoms with Crippen LogP contribution in [-0.4, -0.2) is 16.9 Å². The van der Waals surface area contributed by atoms with Gasteiger partial charge in [0.1, 0.15) is 5.69 Å². The quantitative estimate of drug-likeness (QED) is 0.762. The van der Waals surface area contributed by atoms with Crippen molar-refractivity contribution in [1.82, 2.24) is 10.3 Å². The molecule has 1 saturated carbocycles. The fraction of sp³-hybridized carbons (Fsp3) is 0.455. The van der Waals surface area contributed by atoms with Crippen LogP contribution in [-0.2, 0) is 0 Å². The van der Waals surface area contributed by atoms with Crippen LogP contribution in [0.1, 0.15) is 30.3 Å². The lowest BCUT2D eigenvalue weighted by atomic mass is 9.82. The minimum Gasteiger partial charge on any atom is -0.397 e. The van der Waals surface area contributed by atoms with E-state index in [1.807, 2.05) is 0 Å². The van der Waals surface area contributed by atoms with E-state index in [1.54, 1.807) is 12.1 Å². The van der Waals surface area contributed by atoms with Gasteiger partial charge < -0.3 is 11.1 Å². The summed E-state index contributed by atoms with van der Waals surface area (Å²) in [5.41, 5.74) is 6.50. The molecule has 3 N–H and O–H groups in total. The Kier molecular flexibility index (Phi) is 2.58. The number of carbonyl (C=O) groups is 1. The summed E-state index contributed by atoms with van der Waals surface area (Å²) < 4.78 is 0. The van der Waals surface area contributed by atoms with E-state index in [-0.39, 0.29) is 5.91 Å². The lowest BCUT2D eigenvalue weighted by Gasteiger charge is -2.33. The first-order valence-electron chi connectivity index (χ1n) is 5.17. The molecule has 2 rings (SSSR count). The summed E-state index contributed by atoms with van der Waals surface area (Å²) in [6.45, 7) is 2.18. The molecule has 80 valence electrons. The van der Waals surface area contributed by atoms with Crippen LogP contribution < -0.4 is 11.1 Å². The topological polar surface area (TPSA) is 68.0 Å². The van der Waals surface area contributed by atoms with Crippen LogP contribution in [0.15, 0.2) is 18.3 Å². The Labute approximate surface area is 88.9 Å². The molecule has 1 aliphatic rings. The van der Waals surface area contributed by atoms with Crippen LogP contribution >= 0.6 is 0 Å². The molecule has 0 atom stereocenters. The number of nitrogen functional groups attached to an aromatic ring is 1. The molecule has 1 amide bonds. The van der Waals surface area contributed by atoms with Crippen molar-refractivity contribution in [3.8, 4) is 0 Å². The molecule has 15 heavy (non-hydrogen) atoms. The number of nitrogens with one attached hydrogen (secondary N) is 1. The van der Waals surface area contributed by atoms with Crippen molar-refractivity contribution in [2.24, 2.45) is 5.92 Å². The van der Waals surface area contributed by atoms with E-state index in [4.69, 9.17) is 5.73 Å². The summed E-state index contributed by atoms with van der Waals surface area (Å²) in [6.07, 6.45) is 3.64. The van der Waals surface area contributed by atoms with Crippen LogP contribution in [0.25, 0.3) is 0 Å². The largest absolute Gasteiger partial charge is 0.397 e. The van der Waals surface area contributed by atoms with Crippen molar-refractivity contribution in [2.45, 2.75) is 25.8 Å². The van der Waals surface area contributed by atoms with E-state index >= 15 is 0 Å². The molecule has 1 fully saturated rings. The molecule has 0 aliphatic heterocycles. The summed E-state index contributed by atoms with van der Waals surface area (Å²) >= 11 is 0. The van der Waals surface area contributed by atoms with Crippen LogP contribution in [0.5, 0.6) is 0 Å². The van der Waals surface area contributed by atoms with Gasteiger partial charge in [0.2, 0.25) is 0 Å². The molecule has 0 aromatic carbocycles. The Morgan fingerprint density at radius 3 is 2.80 bits per heavy atom. The van der Waals surface area contributed by atoms with Crippen molar-refractivity contribution in [3.63, 3.8) is 0 Å². The van der Waals surface area contributed by atoms with Gasteiger partial charge in [-0.05, 0) is 30.9 Å². The third-order valence-corrected chi connectivity index (χ3v) is 2.73. The molecule has 0 bridgehead atoms. The fourth-order valence-electron chi connectivity index (χ4n) is 1.82. The second-order valence-corrected chi connectivity index (χ2v) is 4.22. The van der Waals surface area contributed by atoms with Gasteiger partial charge in [0.15, 0.2) is 0 Å². The molecule has 1 aromatic rings. The molecule has 0 spiro atoms. The van der Waals surface area contributed by atoms with Gasteiger partial charge in [-0.3, -0.25) is 4.79 Å². The van der Waals surface area contributed by atoms with Crippen molar-refractivity contribution in [1.29, 1.82) is 0 Å². The fourth-order valence-corrected chi connectivity index (χ4v) is 1.82. The first-order valence-corrected chi connectivity index (χ1v) is 5.17. The number of hydrogen-bond acceptors (Lipinski definition) is 3. The first-order chi connectivity index (χ1) is 7.15. The van der Waals surface area contributed by atoms with Crippen molar-refractivity contribution in [2.75, 3.05) is 5.73 Å². The van der Waals surface area contributed by atoms with Gasteiger partial charge in [-0.25, -0.2) is 4.98 Å². The average molecular weight is 205 g/mol. The standard InChI is InChI=1S/C11H15N3O/c1-7-4-9(5-7)14-11(15)10-3-2-8(12)6-13-10/h2-3,6-7,9H,4-5,12H2,1H3,(H,14,15).